The summed E-state index contributed by atoms with van der Waals surface area (Å²) < 4.78 is 0. The van der Waals surface area contributed by atoms with Crippen LogP contribution in [-0.4, -0.2) is 0 Å². The van der Waals surface area contributed by atoms with Gasteiger partial charge >= 0.3 is 26.2 Å². The standard InChI is InChI=1S/2C9H7.C8H9.C6H5.Zr/c2*1-2-5-9-7-3-6-8(9)4-1;1-2-8-6-4-3-5-7-8;1-2-4-6-5-3-1;/h2*1-7H;3-6H,2H2,1H3;1-5H;/q4*-1;+4. The van der Waals surface area contributed by atoms with Crippen LogP contribution in [0.2, 0.25) is 0 Å². The fourth-order valence-electron chi connectivity index (χ4n) is 3.13. The van der Waals surface area contributed by atoms with Gasteiger partial charge in [0.1, 0.15) is 0 Å². The minimum Gasteiger partial charge on any atom is -0.184 e. The molecule has 0 saturated carbocycles. The number of benzene rings is 4. The van der Waals surface area contributed by atoms with Gasteiger partial charge in [0, 0.05) is 0 Å². The average Bonchev–Trinajstić information content (AvgIpc) is 3.56. The molecule has 0 unspecified atom stereocenters. The quantitative estimate of drug-likeness (QED) is 0.197. The summed E-state index contributed by atoms with van der Waals surface area (Å²) in [4.78, 5) is 0. The van der Waals surface area contributed by atoms with Gasteiger partial charge in [-0.1, -0.05) is 25.5 Å². The molecule has 6 aromatic rings. The van der Waals surface area contributed by atoms with Crippen molar-refractivity contribution in [2.45, 2.75) is 13.3 Å². The number of hydrogen-bond donors (Lipinski definition) is 0. The first-order valence-corrected chi connectivity index (χ1v) is 10.9. The second-order valence-electron chi connectivity index (χ2n) is 7.13. The molecule has 0 aliphatic rings. The molecule has 0 aliphatic carbocycles. The van der Waals surface area contributed by atoms with Crippen molar-refractivity contribution >= 4 is 21.5 Å². The van der Waals surface area contributed by atoms with Gasteiger partial charge in [-0.05, 0) is 0 Å². The molecule has 6 rings (SSSR count). The monoisotopic (exact) mass is 502 g/mol. The molecule has 33 heavy (non-hydrogen) atoms. The molecule has 0 aliphatic heterocycles. The van der Waals surface area contributed by atoms with Crippen molar-refractivity contribution in [1.82, 2.24) is 0 Å². The van der Waals surface area contributed by atoms with Crippen LogP contribution in [0.3, 0.4) is 0 Å². The Kier molecular flexibility index (Phi) is 12.5. The first kappa shape index (κ1) is 26.2. The van der Waals surface area contributed by atoms with E-state index in [1.54, 1.807) is 0 Å². The SMILES string of the molecule is CCc1[c-]cccc1.[Zr+4].[c-]1ccccc1.c1ccc2[cH-]ccc2c1.c1ccc2[cH-]ccc2c1. The Labute approximate surface area is 217 Å². The van der Waals surface area contributed by atoms with E-state index in [0.29, 0.717) is 0 Å². The Morgan fingerprint density at radius 2 is 1.09 bits per heavy atom. The van der Waals surface area contributed by atoms with Crippen LogP contribution >= 0.6 is 0 Å². The molecule has 0 atom stereocenters. The number of hydrogen-bond acceptors (Lipinski definition) is 0. The minimum atomic E-state index is 0. The van der Waals surface area contributed by atoms with Crippen molar-refractivity contribution in [2.75, 3.05) is 0 Å². The van der Waals surface area contributed by atoms with E-state index in [1.807, 2.05) is 48.5 Å². The summed E-state index contributed by atoms with van der Waals surface area (Å²) in [7, 11) is 0. The maximum atomic E-state index is 3.12. The van der Waals surface area contributed by atoms with Crippen molar-refractivity contribution in [1.29, 1.82) is 0 Å². The first-order chi connectivity index (χ1) is 15.9. The Morgan fingerprint density at radius 1 is 0.576 bits per heavy atom. The zero-order chi connectivity index (χ0) is 22.3. The van der Waals surface area contributed by atoms with Crippen molar-refractivity contribution in [3.63, 3.8) is 0 Å². The zero-order valence-electron chi connectivity index (χ0n) is 19.0. The van der Waals surface area contributed by atoms with Gasteiger partial charge in [-0.2, -0.15) is 107 Å². The second kappa shape index (κ2) is 15.7. The summed E-state index contributed by atoms with van der Waals surface area (Å²) in [6.07, 6.45) is 1.08. The molecule has 0 aromatic heterocycles. The molecule has 0 heterocycles. The van der Waals surface area contributed by atoms with Crippen LogP contribution < -0.4 is 0 Å². The third-order valence-electron chi connectivity index (χ3n) is 4.86. The predicted octanol–water partition coefficient (Wildman–Crippen LogP) is 8.65. The van der Waals surface area contributed by atoms with Crippen LogP contribution in [0.4, 0.5) is 0 Å². The van der Waals surface area contributed by atoms with Crippen molar-refractivity contribution < 1.29 is 26.2 Å². The first-order valence-electron chi connectivity index (χ1n) is 10.9. The molecule has 0 N–H and O–H groups in total. The van der Waals surface area contributed by atoms with Crippen LogP contribution in [0.25, 0.3) is 21.5 Å². The molecule has 160 valence electrons. The van der Waals surface area contributed by atoms with Gasteiger partial charge in [0.25, 0.3) is 0 Å². The molecule has 0 radical (unpaired) electrons. The largest absolute Gasteiger partial charge is 4.00 e. The number of aryl methyl sites for hydroxylation is 1. The Balaban J connectivity index is 0.000000156. The van der Waals surface area contributed by atoms with Crippen LogP contribution in [0.1, 0.15) is 12.5 Å². The van der Waals surface area contributed by atoms with Crippen molar-refractivity contribution in [3.8, 4) is 0 Å². The Hall–Kier alpha value is -3.02. The summed E-state index contributed by atoms with van der Waals surface area (Å²) in [5.41, 5.74) is 1.28. The molecule has 0 fully saturated rings. The van der Waals surface area contributed by atoms with Crippen LogP contribution in [0.5, 0.6) is 0 Å². The molecule has 0 bridgehead atoms. The summed E-state index contributed by atoms with van der Waals surface area (Å²) in [6, 6.07) is 53.0. The second-order valence-corrected chi connectivity index (χ2v) is 7.13. The van der Waals surface area contributed by atoms with Gasteiger partial charge in [-0.15, -0.1) is 59.3 Å². The normalized spacial score (nSPS) is 9.24. The maximum Gasteiger partial charge on any atom is 4.00 e. The summed E-state index contributed by atoms with van der Waals surface area (Å²) in [6.45, 7) is 2.13. The molecule has 0 saturated heterocycles. The van der Waals surface area contributed by atoms with Gasteiger partial charge < -0.3 is 0 Å². The average molecular weight is 504 g/mol. The van der Waals surface area contributed by atoms with Gasteiger partial charge in [-0.3, -0.25) is 0 Å². The van der Waals surface area contributed by atoms with Gasteiger partial charge in [0.15, 0.2) is 0 Å². The molecule has 0 spiro atoms. The number of fused-ring (bicyclic) bond motifs is 2. The van der Waals surface area contributed by atoms with E-state index < -0.39 is 0 Å². The minimum absolute atomic E-state index is 0. The maximum absolute atomic E-state index is 3.12. The van der Waals surface area contributed by atoms with Crippen molar-refractivity contribution in [2.24, 2.45) is 0 Å². The van der Waals surface area contributed by atoms with E-state index in [2.05, 4.69) is 110 Å². The van der Waals surface area contributed by atoms with Crippen LogP contribution in [0, 0.1) is 12.1 Å². The molecule has 0 amide bonds. The Bertz CT molecular complexity index is 1090. The molecular weight excluding hydrogens is 476 g/mol. The fraction of sp³-hybridized carbons (Fsp3) is 0.0625. The van der Waals surface area contributed by atoms with E-state index in [1.165, 1.54) is 27.1 Å². The van der Waals surface area contributed by atoms with Gasteiger partial charge in [-0.25, -0.2) is 0 Å². The number of rotatable bonds is 1. The summed E-state index contributed by atoms with van der Waals surface area (Å²) in [5, 5.41) is 5.32. The summed E-state index contributed by atoms with van der Waals surface area (Å²) in [5.74, 6) is 0. The van der Waals surface area contributed by atoms with Gasteiger partial charge in [0.2, 0.25) is 0 Å². The third-order valence-corrected chi connectivity index (χ3v) is 4.86. The molecule has 6 aromatic carbocycles. The molecule has 1 heteroatoms. The predicted molar refractivity (Wildman–Crippen MR) is 139 cm³/mol. The molecular formula is C32H28Zr. The molecule has 0 nitrogen and oxygen atoms in total. The van der Waals surface area contributed by atoms with Gasteiger partial charge in [0.05, 0.1) is 0 Å². The zero-order valence-corrected chi connectivity index (χ0v) is 21.4. The topological polar surface area (TPSA) is 0 Å². The van der Waals surface area contributed by atoms with E-state index in [-0.39, 0.29) is 26.2 Å². The van der Waals surface area contributed by atoms with E-state index in [9.17, 15) is 0 Å². The fourth-order valence-corrected chi connectivity index (χ4v) is 3.13. The third kappa shape index (κ3) is 9.56. The summed E-state index contributed by atoms with van der Waals surface area (Å²) >= 11 is 0. The van der Waals surface area contributed by atoms with Crippen molar-refractivity contribution in [3.05, 3.63) is 157 Å². The van der Waals surface area contributed by atoms with Crippen LogP contribution in [-0.2, 0) is 32.6 Å². The van der Waals surface area contributed by atoms with Crippen LogP contribution in [0.15, 0.2) is 140 Å². The smallest absolute Gasteiger partial charge is 0.184 e. The Morgan fingerprint density at radius 3 is 1.45 bits per heavy atom. The van der Waals surface area contributed by atoms with E-state index in [0.717, 1.165) is 6.42 Å². The van der Waals surface area contributed by atoms with E-state index in [4.69, 9.17) is 0 Å². The van der Waals surface area contributed by atoms with E-state index >= 15 is 0 Å².